The van der Waals surface area contributed by atoms with Gasteiger partial charge in [-0.2, -0.15) is 21.9 Å². The molecule has 66 valence electrons. The first-order valence-corrected chi connectivity index (χ1v) is 4.69. The summed E-state index contributed by atoms with van der Waals surface area (Å²) in [6.07, 6.45) is 0. The van der Waals surface area contributed by atoms with Gasteiger partial charge in [0.25, 0.3) is 20.4 Å². The lowest BCUT2D eigenvalue weighted by Gasteiger charge is -1.73. The van der Waals surface area contributed by atoms with Gasteiger partial charge in [0, 0.05) is 11.2 Å². The molecule has 0 aliphatic rings. The summed E-state index contributed by atoms with van der Waals surface area (Å²) >= 11 is 0.854. The van der Waals surface area contributed by atoms with Crippen molar-refractivity contribution in [2.24, 2.45) is 0 Å². The van der Waals surface area contributed by atoms with E-state index in [4.69, 9.17) is 26.6 Å². The summed E-state index contributed by atoms with van der Waals surface area (Å²) in [4.78, 5) is 0. The molecule has 0 amide bonds. The molecule has 0 spiro atoms. The molecule has 0 aromatic carbocycles. The smallest absolute Gasteiger partial charge is 0.285 e. The van der Waals surface area contributed by atoms with Crippen LogP contribution in [0.15, 0.2) is 0 Å². The average molecular weight is 230 g/mol. The molecule has 10 heteroatoms. The van der Waals surface area contributed by atoms with Crippen LogP contribution < -0.4 is 0 Å². The molecule has 0 rings (SSSR count). The van der Waals surface area contributed by atoms with E-state index in [9.17, 15) is 0 Å². The highest BCUT2D eigenvalue weighted by atomic mass is 32.9. The summed E-state index contributed by atoms with van der Waals surface area (Å²) in [7, 11) is -3.83. The molecule has 0 radical (unpaired) electrons. The summed E-state index contributed by atoms with van der Waals surface area (Å²) in [5.74, 6) is 0. The molecule has 0 bridgehead atoms. The van der Waals surface area contributed by atoms with Crippen LogP contribution in [0.3, 0.4) is 0 Å². The first-order chi connectivity index (χ1) is 3.73. The summed E-state index contributed by atoms with van der Waals surface area (Å²) in [6, 6.07) is 0. The third kappa shape index (κ3) is 1030. The summed E-state index contributed by atoms with van der Waals surface area (Å²) in [5.41, 5.74) is 0. The zero-order valence-corrected chi connectivity index (χ0v) is 7.78. The van der Waals surface area contributed by atoms with Crippen molar-refractivity contribution >= 4 is 45.1 Å². The highest BCUT2D eigenvalue weighted by Gasteiger charge is 1.78. The van der Waals surface area contributed by atoms with Crippen LogP contribution in [0.25, 0.3) is 0 Å². The molecule has 6 nitrogen and oxygen atoms in total. The van der Waals surface area contributed by atoms with Crippen molar-refractivity contribution in [1.29, 1.82) is 0 Å². The van der Waals surface area contributed by atoms with E-state index in [2.05, 4.69) is 11.2 Å². The van der Waals surface area contributed by atoms with Crippen molar-refractivity contribution in [3.63, 3.8) is 0 Å². The predicted molar refractivity (Wildman–Crippen MR) is 44.5 cm³/mol. The SMILES string of the molecule is O=S(O)(O)=S.O=S(O)O.S. The van der Waals surface area contributed by atoms with Crippen LogP contribution in [-0.2, 0) is 31.6 Å². The Morgan fingerprint density at radius 1 is 1.30 bits per heavy atom. The average Bonchev–Trinajstić information content (AvgIpc) is 1.19. The lowest BCUT2D eigenvalue weighted by molar-refractivity contribution is 0.449. The molecule has 0 saturated heterocycles. The van der Waals surface area contributed by atoms with Gasteiger partial charge in [-0.05, 0) is 0 Å². The van der Waals surface area contributed by atoms with Crippen molar-refractivity contribution in [1.82, 2.24) is 0 Å². The molecule has 0 aliphatic heterocycles. The molecule has 0 aromatic heterocycles. The molecule has 0 heterocycles. The molecule has 10 heavy (non-hydrogen) atoms. The van der Waals surface area contributed by atoms with Gasteiger partial charge in [-0.25, -0.2) is 0 Å². The van der Waals surface area contributed by atoms with Crippen LogP contribution in [0.5, 0.6) is 0 Å². The first kappa shape index (κ1) is 17.0. The molecule has 0 atom stereocenters. The molecule has 0 saturated carbocycles. The Hall–Kier alpha value is 0.710. The maximum Gasteiger partial charge on any atom is 0.299 e. The van der Waals surface area contributed by atoms with Gasteiger partial charge in [-0.1, -0.05) is 0 Å². The molecule has 0 aromatic rings. The van der Waals surface area contributed by atoms with Gasteiger partial charge in [0.05, 0.1) is 0 Å². The Kier molecular flexibility index (Phi) is 13.3. The van der Waals surface area contributed by atoms with E-state index in [1.54, 1.807) is 0 Å². The third-order valence-corrected chi connectivity index (χ3v) is 0. The van der Waals surface area contributed by atoms with E-state index in [0.717, 1.165) is 0 Å². The van der Waals surface area contributed by atoms with Gasteiger partial charge in [0.2, 0.25) is 0 Å². The molecule has 0 aliphatic carbocycles. The second kappa shape index (κ2) is 7.81. The van der Waals surface area contributed by atoms with Crippen molar-refractivity contribution in [3.05, 3.63) is 0 Å². The lowest BCUT2D eigenvalue weighted by Crippen LogP contribution is -1.86. The Labute approximate surface area is 71.9 Å². The second-order valence-electron chi connectivity index (χ2n) is 0.679. The molecule has 4 N–H and O–H groups in total. The highest BCUT2D eigenvalue weighted by molar-refractivity contribution is 8.26. The van der Waals surface area contributed by atoms with E-state index in [-0.39, 0.29) is 13.5 Å². The molecule has 0 fully saturated rings. The number of rotatable bonds is 0. The summed E-state index contributed by atoms with van der Waals surface area (Å²) < 4.78 is 46.8. The number of hydrogen-bond acceptors (Lipinski definition) is 3. The number of hydrogen-bond donors (Lipinski definition) is 4. The van der Waals surface area contributed by atoms with Crippen molar-refractivity contribution in [2.75, 3.05) is 0 Å². The standard InChI is InChI=1S/H2O3S2.H2O3S.H2S/c1-5(2,3)4;1-4(2)3;/h(H2,1,2,3,4);(H2,1,2,3);1H2. The molecule has 0 unspecified atom stereocenters. The van der Waals surface area contributed by atoms with Gasteiger partial charge in [-0.15, -0.1) is 0 Å². The maximum absolute atomic E-state index is 9.11. The van der Waals surface area contributed by atoms with E-state index < -0.39 is 20.4 Å². The zero-order chi connectivity index (χ0) is 8.08. The quantitative estimate of drug-likeness (QED) is 0.413. The summed E-state index contributed by atoms with van der Waals surface area (Å²) in [5, 5.41) is 0. The second-order valence-corrected chi connectivity index (χ2v) is 3.34. The van der Waals surface area contributed by atoms with E-state index in [0.29, 0.717) is 0 Å². The maximum atomic E-state index is 9.11. The Bertz CT molecular complexity index is 152. The fourth-order valence-corrected chi connectivity index (χ4v) is 0. The van der Waals surface area contributed by atoms with Gasteiger partial charge in [-0.3, -0.25) is 18.2 Å². The fourth-order valence-electron chi connectivity index (χ4n) is 0. The van der Waals surface area contributed by atoms with Crippen molar-refractivity contribution in [2.45, 2.75) is 0 Å². The van der Waals surface area contributed by atoms with Crippen LogP contribution in [0, 0.1) is 0 Å². The summed E-state index contributed by atoms with van der Waals surface area (Å²) in [6.45, 7) is 0. The topological polar surface area (TPSA) is 115 Å². The minimum absolute atomic E-state index is 0. The monoisotopic (exact) mass is 230 g/mol. The van der Waals surface area contributed by atoms with Gasteiger partial charge >= 0.3 is 0 Å². The minimum Gasteiger partial charge on any atom is -0.285 e. The van der Waals surface area contributed by atoms with Crippen LogP contribution >= 0.6 is 13.5 Å². The van der Waals surface area contributed by atoms with Crippen LogP contribution in [0.1, 0.15) is 0 Å². The Morgan fingerprint density at radius 3 is 1.30 bits per heavy atom. The van der Waals surface area contributed by atoms with Gasteiger partial charge in [0.15, 0.2) is 0 Å². The van der Waals surface area contributed by atoms with Crippen molar-refractivity contribution in [3.8, 4) is 0 Å². The van der Waals surface area contributed by atoms with Crippen LogP contribution in [0.4, 0.5) is 0 Å². The van der Waals surface area contributed by atoms with E-state index in [1.165, 1.54) is 0 Å². The Morgan fingerprint density at radius 2 is 1.30 bits per heavy atom. The normalized spacial score (nSPS) is 9.30. The first-order valence-electron chi connectivity index (χ1n) is 1.23. The molecular weight excluding hydrogens is 224 g/mol. The van der Waals surface area contributed by atoms with E-state index >= 15 is 0 Å². The highest BCUT2D eigenvalue weighted by Crippen LogP contribution is 1.62. The van der Waals surface area contributed by atoms with Crippen molar-refractivity contribution < 1.29 is 26.6 Å². The predicted octanol–water partition coefficient (Wildman–Crippen LogP) is -0.527. The zero-order valence-electron chi connectivity index (χ0n) is 4.33. The fraction of sp³-hybridized carbons (Fsp3) is 0. The van der Waals surface area contributed by atoms with Gasteiger partial charge in [0.1, 0.15) is 0 Å². The van der Waals surface area contributed by atoms with E-state index in [1.807, 2.05) is 0 Å². The third-order valence-electron chi connectivity index (χ3n) is 0. The largest absolute Gasteiger partial charge is 0.299 e. The van der Waals surface area contributed by atoms with Crippen LogP contribution in [0.2, 0.25) is 0 Å². The van der Waals surface area contributed by atoms with Gasteiger partial charge < -0.3 is 0 Å². The molecular formula is H6O6S4. The lowest BCUT2D eigenvalue weighted by atomic mass is 15.8. The Balaban J connectivity index is -0.0000000910. The minimum atomic E-state index is -3.83. The van der Waals surface area contributed by atoms with Crippen LogP contribution in [-0.4, -0.2) is 26.6 Å².